The number of fused-ring (bicyclic) bond motifs is 1. The zero-order chi connectivity index (χ0) is 13.8. The molecule has 2 aromatic rings. The average molecular weight is 283 g/mol. The number of aromatic nitrogens is 1. The average Bonchev–Trinajstić information content (AvgIpc) is 2.73. The number of ether oxygens (including phenoxy) is 1. The maximum atomic E-state index is 8.98. The summed E-state index contributed by atoms with van der Waals surface area (Å²) in [6, 6.07) is 3.87. The highest BCUT2D eigenvalue weighted by molar-refractivity contribution is 6.32. The minimum atomic E-state index is 0.189. The van der Waals surface area contributed by atoms with Gasteiger partial charge in [-0.3, -0.25) is 0 Å². The highest BCUT2D eigenvalue weighted by Crippen LogP contribution is 2.33. The fraction of sp³-hybridized carbons (Fsp3) is 0.429. The van der Waals surface area contributed by atoms with Crippen LogP contribution in [0.15, 0.2) is 18.3 Å². The summed E-state index contributed by atoms with van der Waals surface area (Å²) < 4.78 is 7.37. The molecule has 0 atom stereocenters. The van der Waals surface area contributed by atoms with Crippen molar-refractivity contribution in [3.63, 3.8) is 0 Å². The number of aliphatic hydroxyl groups excluding tert-OH is 1. The van der Waals surface area contributed by atoms with Gasteiger partial charge < -0.3 is 20.1 Å². The molecule has 0 spiro atoms. The molecule has 0 fully saturated rings. The Kier molecular flexibility index (Phi) is 4.69. The van der Waals surface area contributed by atoms with E-state index in [-0.39, 0.29) is 6.61 Å². The van der Waals surface area contributed by atoms with Crippen LogP contribution in [0.4, 0.5) is 0 Å². The quantitative estimate of drug-likeness (QED) is 0.854. The smallest absolute Gasteiger partial charge is 0.138 e. The number of halogens is 1. The van der Waals surface area contributed by atoms with Gasteiger partial charge in [0.15, 0.2) is 0 Å². The minimum absolute atomic E-state index is 0.189. The van der Waals surface area contributed by atoms with Crippen molar-refractivity contribution in [2.75, 3.05) is 20.3 Å². The number of hydrogen-bond acceptors (Lipinski definition) is 3. The van der Waals surface area contributed by atoms with Crippen molar-refractivity contribution >= 4 is 22.5 Å². The van der Waals surface area contributed by atoms with E-state index in [1.54, 1.807) is 7.11 Å². The van der Waals surface area contributed by atoms with Crippen molar-refractivity contribution in [2.45, 2.75) is 19.4 Å². The zero-order valence-corrected chi connectivity index (χ0v) is 11.8. The molecule has 2 rings (SSSR count). The number of benzene rings is 1. The van der Waals surface area contributed by atoms with Crippen LogP contribution < -0.4 is 10.5 Å². The van der Waals surface area contributed by atoms with Gasteiger partial charge in [0.1, 0.15) is 5.75 Å². The van der Waals surface area contributed by atoms with E-state index >= 15 is 0 Å². The molecule has 0 amide bonds. The second kappa shape index (κ2) is 6.28. The van der Waals surface area contributed by atoms with Crippen molar-refractivity contribution in [2.24, 2.45) is 5.73 Å². The van der Waals surface area contributed by atoms with Crippen molar-refractivity contribution in [1.29, 1.82) is 0 Å². The van der Waals surface area contributed by atoms with Gasteiger partial charge in [0, 0.05) is 31.3 Å². The molecular formula is C14H19ClN2O2. The van der Waals surface area contributed by atoms with Gasteiger partial charge in [-0.1, -0.05) is 11.6 Å². The largest absolute Gasteiger partial charge is 0.495 e. The molecule has 104 valence electrons. The summed E-state index contributed by atoms with van der Waals surface area (Å²) in [6.45, 7) is 1.51. The molecule has 19 heavy (non-hydrogen) atoms. The molecule has 5 heteroatoms. The fourth-order valence-electron chi connectivity index (χ4n) is 2.31. The van der Waals surface area contributed by atoms with Crippen LogP contribution in [-0.4, -0.2) is 29.9 Å². The van der Waals surface area contributed by atoms with E-state index in [0.717, 1.165) is 30.3 Å². The monoisotopic (exact) mass is 282 g/mol. The lowest BCUT2D eigenvalue weighted by molar-refractivity contribution is 0.288. The van der Waals surface area contributed by atoms with Gasteiger partial charge in [-0.25, -0.2) is 0 Å². The molecular weight excluding hydrogens is 264 g/mol. The molecule has 0 saturated carbocycles. The Morgan fingerprint density at radius 3 is 2.84 bits per heavy atom. The van der Waals surface area contributed by atoms with Crippen LogP contribution in [0.5, 0.6) is 5.75 Å². The van der Waals surface area contributed by atoms with Crippen LogP contribution in [0, 0.1) is 0 Å². The molecule has 0 aliphatic rings. The summed E-state index contributed by atoms with van der Waals surface area (Å²) in [5.74, 6) is 0.671. The van der Waals surface area contributed by atoms with Crippen molar-refractivity contribution in [3.05, 3.63) is 28.9 Å². The van der Waals surface area contributed by atoms with Crippen LogP contribution in [-0.2, 0) is 13.0 Å². The first-order chi connectivity index (χ1) is 9.21. The van der Waals surface area contributed by atoms with Gasteiger partial charge >= 0.3 is 0 Å². The second-order valence-corrected chi connectivity index (χ2v) is 4.87. The highest BCUT2D eigenvalue weighted by atomic mass is 35.5. The number of aliphatic hydroxyl groups is 1. The fourth-order valence-corrected chi connectivity index (χ4v) is 2.55. The molecule has 0 unspecified atom stereocenters. The summed E-state index contributed by atoms with van der Waals surface area (Å²) in [5.41, 5.74) is 7.88. The van der Waals surface area contributed by atoms with Crippen LogP contribution in [0.25, 0.3) is 10.9 Å². The van der Waals surface area contributed by atoms with Crippen LogP contribution >= 0.6 is 11.6 Å². The van der Waals surface area contributed by atoms with Gasteiger partial charge in [0.25, 0.3) is 0 Å². The Labute approximate surface area is 117 Å². The van der Waals surface area contributed by atoms with E-state index in [9.17, 15) is 0 Å². The molecule has 3 N–H and O–H groups in total. The van der Waals surface area contributed by atoms with E-state index in [1.165, 1.54) is 5.56 Å². The number of nitrogens with zero attached hydrogens (tertiary/aromatic N) is 1. The molecule has 0 saturated heterocycles. The van der Waals surface area contributed by atoms with Gasteiger partial charge in [-0.15, -0.1) is 0 Å². The third-order valence-corrected chi connectivity index (χ3v) is 3.51. The molecule has 0 aliphatic heterocycles. The van der Waals surface area contributed by atoms with Crippen LogP contribution in [0.1, 0.15) is 12.0 Å². The van der Waals surface area contributed by atoms with Crippen molar-refractivity contribution in [1.82, 2.24) is 4.57 Å². The molecule has 0 bridgehead atoms. The van der Waals surface area contributed by atoms with Gasteiger partial charge in [-0.05, 0) is 30.5 Å². The normalized spacial score (nSPS) is 11.2. The van der Waals surface area contributed by atoms with E-state index in [0.29, 0.717) is 17.3 Å². The number of hydrogen-bond donors (Lipinski definition) is 2. The summed E-state index contributed by atoms with van der Waals surface area (Å²) >= 11 is 6.18. The van der Waals surface area contributed by atoms with Crippen LogP contribution in [0.3, 0.4) is 0 Å². The molecule has 1 aromatic heterocycles. The SMILES string of the molecule is COc1cc2c(CCCO)cn(CCN)c2cc1Cl. The van der Waals surface area contributed by atoms with Gasteiger partial charge in [-0.2, -0.15) is 0 Å². The molecule has 1 aromatic carbocycles. The third-order valence-electron chi connectivity index (χ3n) is 3.21. The molecule has 0 radical (unpaired) electrons. The third kappa shape index (κ3) is 2.86. The molecule has 1 heterocycles. The second-order valence-electron chi connectivity index (χ2n) is 4.47. The minimum Gasteiger partial charge on any atom is -0.495 e. The number of nitrogens with two attached hydrogens (primary N) is 1. The first kappa shape index (κ1) is 14.2. The van der Waals surface area contributed by atoms with E-state index in [4.69, 9.17) is 27.2 Å². The molecule has 0 aliphatic carbocycles. The Hall–Kier alpha value is -1.23. The zero-order valence-electron chi connectivity index (χ0n) is 11.0. The van der Waals surface area contributed by atoms with Gasteiger partial charge in [0.05, 0.1) is 17.6 Å². The van der Waals surface area contributed by atoms with E-state index in [2.05, 4.69) is 10.8 Å². The maximum absolute atomic E-state index is 8.98. The van der Waals surface area contributed by atoms with Crippen LogP contribution in [0.2, 0.25) is 5.02 Å². The van der Waals surface area contributed by atoms with Crippen molar-refractivity contribution < 1.29 is 9.84 Å². The highest BCUT2D eigenvalue weighted by Gasteiger charge is 2.12. The Balaban J connectivity index is 2.54. The first-order valence-electron chi connectivity index (χ1n) is 6.37. The summed E-state index contributed by atoms with van der Waals surface area (Å²) in [5, 5.41) is 10.7. The lowest BCUT2D eigenvalue weighted by atomic mass is 10.1. The summed E-state index contributed by atoms with van der Waals surface area (Å²) in [4.78, 5) is 0. The topological polar surface area (TPSA) is 60.4 Å². The summed E-state index contributed by atoms with van der Waals surface area (Å²) in [7, 11) is 1.61. The number of methoxy groups -OCH3 is 1. The Bertz CT molecular complexity index is 566. The first-order valence-corrected chi connectivity index (χ1v) is 6.75. The standard InChI is InChI=1S/C14H19ClN2O2/c1-19-14-7-11-10(3-2-6-18)9-17(5-4-16)13(11)8-12(14)15/h7-9,18H,2-6,16H2,1H3. The number of aryl methyl sites for hydroxylation is 1. The van der Waals surface area contributed by atoms with Gasteiger partial charge in [0.2, 0.25) is 0 Å². The summed E-state index contributed by atoms with van der Waals surface area (Å²) in [6.07, 6.45) is 3.66. The lowest BCUT2D eigenvalue weighted by Crippen LogP contribution is -2.08. The number of rotatable bonds is 6. The Morgan fingerprint density at radius 1 is 1.42 bits per heavy atom. The predicted octanol–water partition coefficient (Wildman–Crippen LogP) is 2.19. The maximum Gasteiger partial charge on any atom is 0.138 e. The van der Waals surface area contributed by atoms with E-state index < -0.39 is 0 Å². The van der Waals surface area contributed by atoms with E-state index in [1.807, 2.05) is 12.1 Å². The molecule has 4 nitrogen and oxygen atoms in total. The van der Waals surface area contributed by atoms with Crippen molar-refractivity contribution in [3.8, 4) is 5.75 Å². The predicted molar refractivity (Wildman–Crippen MR) is 78.0 cm³/mol. The Morgan fingerprint density at radius 2 is 2.21 bits per heavy atom. The lowest BCUT2D eigenvalue weighted by Gasteiger charge is -2.06.